The molecule has 3 heterocycles. The van der Waals surface area contributed by atoms with Gasteiger partial charge in [0.05, 0.1) is 17.7 Å². The minimum Gasteiger partial charge on any atom is -0.478 e. The number of aryl methyl sites for hydroxylation is 2. The number of carbonyl (C=O) groups excluding carboxylic acids is 1. The number of carboxylic acid groups (broad SMARTS) is 1. The van der Waals surface area contributed by atoms with E-state index in [0.29, 0.717) is 31.8 Å². The number of anilines is 1. The van der Waals surface area contributed by atoms with Crippen LogP contribution in [0.15, 0.2) is 83.2 Å². The number of rotatable bonds is 8. The first kappa shape index (κ1) is 28.0. The maximum atomic E-state index is 14.2. The number of aliphatic carboxylic acids is 1. The van der Waals surface area contributed by atoms with E-state index in [1.165, 1.54) is 0 Å². The van der Waals surface area contributed by atoms with Gasteiger partial charge in [0.15, 0.2) is 0 Å². The van der Waals surface area contributed by atoms with Crippen molar-refractivity contribution in [3.63, 3.8) is 0 Å². The number of hydrogen-bond donors (Lipinski definition) is 1. The topological polar surface area (TPSA) is 91.0 Å². The maximum absolute atomic E-state index is 14.2. The van der Waals surface area contributed by atoms with Gasteiger partial charge in [0.2, 0.25) is 5.91 Å². The molecule has 2 fully saturated rings. The van der Waals surface area contributed by atoms with Gasteiger partial charge in [-0.05, 0) is 56.5 Å². The van der Waals surface area contributed by atoms with E-state index in [2.05, 4.69) is 21.9 Å². The second-order valence-corrected chi connectivity index (χ2v) is 12.3. The molecule has 1 unspecified atom stereocenters. The van der Waals surface area contributed by atoms with Crippen molar-refractivity contribution in [1.82, 2.24) is 18.9 Å². The second-order valence-electron chi connectivity index (χ2n) is 12.3. The lowest BCUT2D eigenvalue weighted by Gasteiger charge is -2.43. The molecule has 1 atom stereocenters. The maximum Gasteiger partial charge on any atom is 0.331 e. The van der Waals surface area contributed by atoms with Crippen molar-refractivity contribution in [3.8, 4) is 0 Å². The fourth-order valence-electron chi connectivity index (χ4n) is 7.14. The van der Waals surface area contributed by atoms with Crippen LogP contribution in [-0.2, 0) is 23.2 Å². The highest BCUT2D eigenvalue weighted by atomic mass is 16.4. The van der Waals surface area contributed by atoms with Crippen molar-refractivity contribution in [2.75, 3.05) is 37.7 Å². The van der Waals surface area contributed by atoms with E-state index in [1.54, 1.807) is 10.6 Å². The molecular weight excluding hydrogens is 530 g/mol. The Balaban J connectivity index is 1.15. The van der Waals surface area contributed by atoms with Crippen molar-refractivity contribution in [1.29, 1.82) is 0 Å². The molecule has 0 radical (unpaired) electrons. The van der Waals surface area contributed by atoms with E-state index < -0.39 is 16.9 Å². The summed E-state index contributed by atoms with van der Waals surface area (Å²) in [7, 11) is 1.82. The highest BCUT2D eigenvalue weighted by Crippen LogP contribution is 2.42. The van der Waals surface area contributed by atoms with Gasteiger partial charge in [-0.2, -0.15) is 0 Å². The van der Waals surface area contributed by atoms with Crippen LogP contribution in [0.2, 0.25) is 0 Å². The Kier molecular flexibility index (Phi) is 7.30. The predicted octanol–water partition coefficient (Wildman–Crippen LogP) is 3.85. The summed E-state index contributed by atoms with van der Waals surface area (Å²) in [5, 5.41) is 9.57. The highest BCUT2D eigenvalue weighted by Gasteiger charge is 2.54. The number of para-hydroxylation sites is 3. The van der Waals surface area contributed by atoms with E-state index in [4.69, 9.17) is 0 Å². The summed E-state index contributed by atoms with van der Waals surface area (Å²) in [5.41, 5.74) is 2.27. The lowest BCUT2D eigenvalue weighted by atomic mass is 9.79. The average molecular weight is 570 g/mol. The number of carbonyl (C=O) groups is 2. The monoisotopic (exact) mass is 569 g/mol. The number of amides is 1. The summed E-state index contributed by atoms with van der Waals surface area (Å²) in [6.45, 7) is 6.12. The SMILES string of the molecule is Cn1c(=O)n(CCCN2CCC3(CC2)C(=O)N(CC2(C)C=CC=C(C(=O)O)C2)CN3c2ccccc2)c2ccccc21. The van der Waals surface area contributed by atoms with Gasteiger partial charge in [0.25, 0.3) is 0 Å². The Hall–Kier alpha value is -4.11. The Morgan fingerprint density at radius 3 is 2.36 bits per heavy atom. The van der Waals surface area contributed by atoms with Gasteiger partial charge >= 0.3 is 11.7 Å². The Morgan fingerprint density at radius 2 is 1.64 bits per heavy atom. The van der Waals surface area contributed by atoms with Crippen LogP contribution in [0, 0.1) is 5.41 Å². The zero-order valence-electron chi connectivity index (χ0n) is 24.4. The molecule has 2 aromatic carbocycles. The van der Waals surface area contributed by atoms with Crippen LogP contribution in [0.25, 0.3) is 11.0 Å². The largest absolute Gasteiger partial charge is 0.478 e. The Morgan fingerprint density at radius 1 is 0.952 bits per heavy atom. The molecule has 9 nitrogen and oxygen atoms in total. The zero-order valence-corrected chi connectivity index (χ0v) is 24.4. The van der Waals surface area contributed by atoms with Crippen LogP contribution < -0.4 is 10.6 Å². The van der Waals surface area contributed by atoms with Crippen molar-refractivity contribution in [3.05, 3.63) is 88.9 Å². The zero-order chi connectivity index (χ0) is 29.5. The van der Waals surface area contributed by atoms with E-state index in [-0.39, 0.29) is 11.6 Å². The molecule has 2 aliphatic heterocycles. The van der Waals surface area contributed by atoms with Gasteiger partial charge in [0, 0.05) is 49.9 Å². The minimum atomic E-state index is -0.904. The van der Waals surface area contributed by atoms with E-state index in [1.807, 2.05) is 78.1 Å². The Bertz CT molecular complexity index is 1610. The number of allylic oxidation sites excluding steroid dienone is 2. The fourth-order valence-corrected chi connectivity index (χ4v) is 7.14. The van der Waals surface area contributed by atoms with Gasteiger partial charge in [-0.25, -0.2) is 9.59 Å². The molecule has 3 aromatic rings. The summed E-state index contributed by atoms with van der Waals surface area (Å²) >= 11 is 0. The molecule has 3 aliphatic rings. The van der Waals surface area contributed by atoms with Gasteiger partial charge < -0.3 is 19.8 Å². The third kappa shape index (κ3) is 4.96. The summed E-state index contributed by atoms with van der Waals surface area (Å²) in [6.07, 6.45) is 8.19. The van der Waals surface area contributed by atoms with Gasteiger partial charge in [-0.15, -0.1) is 0 Å². The molecule has 1 aromatic heterocycles. The summed E-state index contributed by atoms with van der Waals surface area (Å²) in [5.74, 6) is -0.771. The van der Waals surface area contributed by atoms with Crippen molar-refractivity contribution >= 4 is 28.6 Å². The molecule has 9 heteroatoms. The first-order chi connectivity index (χ1) is 20.2. The molecule has 6 rings (SSSR count). The van der Waals surface area contributed by atoms with Crippen LogP contribution >= 0.6 is 0 Å². The number of piperidine rings is 1. The molecule has 42 heavy (non-hydrogen) atoms. The quantitative estimate of drug-likeness (QED) is 0.443. The van der Waals surface area contributed by atoms with E-state index in [0.717, 1.165) is 55.6 Å². The molecule has 1 spiro atoms. The molecule has 1 N–H and O–H groups in total. The summed E-state index contributed by atoms with van der Waals surface area (Å²) in [6, 6.07) is 18.0. The summed E-state index contributed by atoms with van der Waals surface area (Å²) in [4.78, 5) is 45.3. The molecule has 1 amide bonds. The lowest BCUT2D eigenvalue weighted by Crippen LogP contribution is -2.56. The van der Waals surface area contributed by atoms with Crippen LogP contribution in [-0.4, -0.2) is 74.3 Å². The smallest absolute Gasteiger partial charge is 0.331 e. The number of carboxylic acids is 1. The lowest BCUT2D eigenvalue weighted by molar-refractivity contribution is -0.134. The van der Waals surface area contributed by atoms with Crippen LogP contribution in [0.1, 0.15) is 32.6 Å². The molecule has 0 bridgehead atoms. The third-order valence-corrected chi connectivity index (χ3v) is 9.39. The van der Waals surface area contributed by atoms with E-state index in [9.17, 15) is 19.5 Å². The standard InChI is InChI=1S/C33H39N5O4/c1-32(15-8-10-25(22-32)29(39)40)23-36-24-38(26-11-4-3-5-12-26)33(30(36)41)16-20-35(21-17-33)18-9-19-37-28-14-7-6-13-27(28)34(2)31(37)42/h3-8,10-15H,9,16-24H2,1-2H3,(H,39,40). The number of benzene rings is 2. The predicted molar refractivity (Wildman–Crippen MR) is 163 cm³/mol. The van der Waals surface area contributed by atoms with Crippen molar-refractivity contribution < 1.29 is 14.7 Å². The normalized spacial score (nSPS) is 22.3. The average Bonchev–Trinajstić information content (AvgIpc) is 3.39. The first-order valence-electron chi connectivity index (χ1n) is 14.8. The second kappa shape index (κ2) is 10.9. The molecular formula is C33H39N5O4. The minimum absolute atomic E-state index is 0.0106. The summed E-state index contributed by atoms with van der Waals surface area (Å²) < 4.78 is 3.57. The Labute approximate surface area is 245 Å². The van der Waals surface area contributed by atoms with Gasteiger partial charge in [-0.1, -0.05) is 55.5 Å². The fraction of sp³-hybridized carbons (Fsp3) is 0.424. The molecule has 0 saturated carbocycles. The van der Waals surface area contributed by atoms with Crippen LogP contribution in [0.3, 0.4) is 0 Å². The highest BCUT2D eigenvalue weighted by molar-refractivity contribution is 5.94. The molecule has 220 valence electrons. The molecule has 2 saturated heterocycles. The van der Waals surface area contributed by atoms with Gasteiger partial charge in [-0.3, -0.25) is 13.9 Å². The first-order valence-corrected chi connectivity index (χ1v) is 14.8. The number of likely N-dealkylation sites (tertiary alicyclic amines) is 1. The third-order valence-electron chi connectivity index (χ3n) is 9.39. The molecule has 1 aliphatic carbocycles. The van der Waals surface area contributed by atoms with Crippen molar-refractivity contribution in [2.24, 2.45) is 12.5 Å². The van der Waals surface area contributed by atoms with Gasteiger partial charge in [0.1, 0.15) is 5.54 Å². The number of fused-ring (bicyclic) bond motifs is 1. The number of imidazole rings is 1. The number of hydrogen-bond acceptors (Lipinski definition) is 5. The van der Waals surface area contributed by atoms with Crippen molar-refractivity contribution in [2.45, 2.75) is 44.7 Å². The van der Waals surface area contributed by atoms with Crippen LogP contribution in [0.5, 0.6) is 0 Å². The number of nitrogens with zero attached hydrogens (tertiary/aromatic N) is 5. The van der Waals surface area contributed by atoms with Crippen LogP contribution in [0.4, 0.5) is 5.69 Å². The number of aromatic nitrogens is 2. The van der Waals surface area contributed by atoms with E-state index >= 15 is 0 Å².